The second-order valence-electron chi connectivity index (χ2n) is 6.85. The van der Waals surface area contributed by atoms with Gasteiger partial charge in [0.1, 0.15) is 18.1 Å². The fourth-order valence-corrected chi connectivity index (χ4v) is 4.41. The van der Waals surface area contributed by atoms with Gasteiger partial charge in [-0.05, 0) is 60.2 Å². The van der Waals surface area contributed by atoms with Crippen LogP contribution in [-0.2, 0) is 17.8 Å². The highest BCUT2D eigenvalue weighted by molar-refractivity contribution is 7.10. The lowest BCUT2D eigenvalue weighted by molar-refractivity contribution is -0.135. The zero-order valence-corrected chi connectivity index (χ0v) is 16.7. The summed E-state index contributed by atoms with van der Waals surface area (Å²) in [4.78, 5) is 15.9. The largest absolute Gasteiger partial charge is 0.489 e. The molecule has 3 aromatic rings. The second-order valence-corrected chi connectivity index (χ2v) is 7.85. The van der Waals surface area contributed by atoms with Gasteiger partial charge in [0.25, 0.3) is 5.91 Å². The summed E-state index contributed by atoms with van der Waals surface area (Å²) in [5.74, 6) is 1.47. The molecule has 28 heavy (non-hydrogen) atoms. The van der Waals surface area contributed by atoms with Crippen molar-refractivity contribution in [2.45, 2.75) is 26.0 Å². The molecule has 1 aromatic heterocycles. The molecule has 0 fully saturated rings. The highest BCUT2D eigenvalue weighted by atomic mass is 32.1. The summed E-state index contributed by atoms with van der Waals surface area (Å²) in [6, 6.07) is 19.7. The molecular formula is C23H23NO3S. The van der Waals surface area contributed by atoms with Crippen LogP contribution in [0.5, 0.6) is 11.5 Å². The van der Waals surface area contributed by atoms with Crippen LogP contribution in [0.25, 0.3) is 0 Å². The van der Waals surface area contributed by atoms with Crippen LogP contribution >= 0.6 is 11.3 Å². The smallest absolute Gasteiger partial charge is 0.261 e. The molecule has 144 valence electrons. The Labute approximate surface area is 169 Å². The lowest BCUT2D eigenvalue weighted by Gasteiger charge is -2.33. The van der Waals surface area contributed by atoms with Gasteiger partial charge in [0, 0.05) is 11.4 Å². The van der Waals surface area contributed by atoms with Crippen LogP contribution in [0.4, 0.5) is 0 Å². The molecule has 0 saturated carbocycles. The van der Waals surface area contributed by atoms with E-state index in [9.17, 15) is 4.79 Å². The van der Waals surface area contributed by atoms with Crippen LogP contribution in [-0.4, -0.2) is 24.0 Å². The molecule has 4 nitrogen and oxygen atoms in total. The van der Waals surface area contributed by atoms with Crippen molar-refractivity contribution in [3.05, 3.63) is 82.0 Å². The van der Waals surface area contributed by atoms with Gasteiger partial charge in [-0.15, -0.1) is 11.3 Å². The fourth-order valence-electron chi connectivity index (χ4n) is 3.45. The number of carbonyl (C=O) groups is 1. The number of thiophene rings is 1. The number of benzene rings is 2. The molecule has 0 unspecified atom stereocenters. The van der Waals surface area contributed by atoms with Gasteiger partial charge >= 0.3 is 0 Å². The lowest BCUT2D eigenvalue weighted by Crippen LogP contribution is -2.40. The molecule has 2 heterocycles. The minimum Gasteiger partial charge on any atom is -0.489 e. The number of rotatable bonds is 6. The third kappa shape index (κ3) is 4.20. The number of fused-ring (bicyclic) bond motifs is 1. The topological polar surface area (TPSA) is 38.8 Å². The Bertz CT molecular complexity index is 921. The Kier molecular flexibility index (Phi) is 5.63. The summed E-state index contributed by atoms with van der Waals surface area (Å²) >= 11 is 1.78. The number of hydrogen-bond donors (Lipinski definition) is 0. The first kappa shape index (κ1) is 18.6. The lowest BCUT2D eigenvalue weighted by atomic mass is 10.0. The average molecular weight is 394 g/mol. The van der Waals surface area contributed by atoms with Gasteiger partial charge in [-0.3, -0.25) is 4.79 Å². The minimum absolute atomic E-state index is 0.0220. The Morgan fingerprint density at radius 1 is 1.04 bits per heavy atom. The monoisotopic (exact) mass is 393 g/mol. The number of hydrogen-bond acceptors (Lipinski definition) is 4. The van der Waals surface area contributed by atoms with Crippen molar-refractivity contribution in [1.29, 1.82) is 0 Å². The van der Waals surface area contributed by atoms with Gasteiger partial charge in [-0.1, -0.05) is 30.3 Å². The summed E-state index contributed by atoms with van der Waals surface area (Å²) in [6.45, 7) is 3.41. The normalized spacial score (nSPS) is 15.8. The van der Waals surface area contributed by atoms with Crippen molar-refractivity contribution in [3.63, 3.8) is 0 Å². The van der Waals surface area contributed by atoms with E-state index in [0.29, 0.717) is 12.4 Å². The standard InChI is InChI=1S/C23H23NO3S/c1-17-21-12-14-28-22(21)11-13-24(17)23(25)16-27-20-9-7-19(8-10-20)26-15-18-5-3-2-4-6-18/h2-10,12,14,17H,11,13,15-16H2,1H3/t17-/m0/s1. The average Bonchev–Trinajstić information content (AvgIpc) is 3.22. The Hall–Kier alpha value is -2.79. The molecule has 0 radical (unpaired) electrons. The maximum atomic E-state index is 12.6. The van der Waals surface area contributed by atoms with E-state index in [2.05, 4.69) is 18.4 Å². The van der Waals surface area contributed by atoms with E-state index in [1.165, 1.54) is 10.4 Å². The molecule has 0 bridgehead atoms. The number of ether oxygens (including phenoxy) is 2. The second kappa shape index (κ2) is 8.48. The van der Waals surface area contributed by atoms with Crippen molar-refractivity contribution in [1.82, 2.24) is 4.90 Å². The van der Waals surface area contributed by atoms with E-state index < -0.39 is 0 Å². The summed E-state index contributed by atoms with van der Waals surface area (Å²) in [7, 11) is 0. The van der Waals surface area contributed by atoms with Gasteiger partial charge in [0.2, 0.25) is 0 Å². The van der Waals surface area contributed by atoms with E-state index in [0.717, 1.165) is 24.3 Å². The van der Waals surface area contributed by atoms with Gasteiger partial charge < -0.3 is 14.4 Å². The zero-order valence-electron chi connectivity index (χ0n) is 15.8. The SMILES string of the molecule is C[C@H]1c2ccsc2CCN1C(=O)COc1ccc(OCc2ccccc2)cc1. The third-order valence-corrected chi connectivity index (χ3v) is 6.03. The molecular weight excluding hydrogens is 370 g/mol. The summed E-state index contributed by atoms with van der Waals surface area (Å²) in [6.07, 6.45) is 0.927. The molecule has 0 N–H and O–H groups in total. The van der Waals surface area contributed by atoms with Gasteiger partial charge in [-0.25, -0.2) is 0 Å². The van der Waals surface area contributed by atoms with E-state index in [-0.39, 0.29) is 18.6 Å². The molecule has 1 amide bonds. The summed E-state index contributed by atoms with van der Waals surface area (Å²) in [5.41, 5.74) is 2.39. The predicted octanol–water partition coefficient (Wildman–Crippen LogP) is 4.85. The van der Waals surface area contributed by atoms with Crippen molar-refractivity contribution in [3.8, 4) is 11.5 Å². The summed E-state index contributed by atoms with van der Waals surface area (Å²) < 4.78 is 11.5. The Morgan fingerprint density at radius 2 is 1.75 bits per heavy atom. The van der Waals surface area contributed by atoms with Crippen LogP contribution < -0.4 is 9.47 Å². The predicted molar refractivity (Wildman–Crippen MR) is 111 cm³/mol. The first-order chi connectivity index (χ1) is 13.7. The quantitative estimate of drug-likeness (QED) is 0.601. The maximum absolute atomic E-state index is 12.6. The molecule has 0 saturated heterocycles. The first-order valence-electron chi connectivity index (χ1n) is 9.46. The van der Waals surface area contributed by atoms with Crippen LogP contribution in [0.1, 0.15) is 29.0 Å². The van der Waals surface area contributed by atoms with Gasteiger partial charge in [0.05, 0.1) is 6.04 Å². The van der Waals surface area contributed by atoms with Crippen molar-refractivity contribution < 1.29 is 14.3 Å². The first-order valence-corrected chi connectivity index (χ1v) is 10.3. The number of nitrogens with zero attached hydrogens (tertiary/aromatic N) is 1. The number of amides is 1. The zero-order chi connectivity index (χ0) is 19.3. The van der Waals surface area contributed by atoms with E-state index in [1.54, 1.807) is 11.3 Å². The van der Waals surface area contributed by atoms with Crippen LogP contribution in [0.3, 0.4) is 0 Å². The van der Waals surface area contributed by atoms with Gasteiger partial charge in [-0.2, -0.15) is 0 Å². The molecule has 4 rings (SSSR count). The van der Waals surface area contributed by atoms with Crippen LogP contribution in [0.15, 0.2) is 66.0 Å². The van der Waals surface area contributed by atoms with E-state index in [4.69, 9.17) is 9.47 Å². The van der Waals surface area contributed by atoms with Gasteiger partial charge in [0.15, 0.2) is 6.61 Å². The van der Waals surface area contributed by atoms with Crippen molar-refractivity contribution in [2.75, 3.05) is 13.2 Å². The highest BCUT2D eigenvalue weighted by Gasteiger charge is 2.28. The molecule has 0 aliphatic carbocycles. The third-order valence-electron chi connectivity index (χ3n) is 5.03. The van der Waals surface area contributed by atoms with E-state index in [1.807, 2.05) is 59.5 Å². The molecule has 2 aromatic carbocycles. The van der Waals surface area contributed by atoms with Crippen LogP contribution in [0, 0.1) is 0 Å². The maximum Gasteiger partial charge on any atom is 0.261 e. The Morgan fingerprint density at radius 3 is 2.50 bits per heavy atom. The highest BCUT2D eigenvalue weighted by Crippen LogP contribution is 2.32. The van der Waals surface area contributed by atoms with Crippen molar-refractivity contribution in [2.24, 2.45) is 0 Å². The Balaban J connectivity index is 1.28. The minimum atomic E-state index is 0.0220. The molecule has 5 heteroatoms. The van der Waals surface area contributed by atoms with Crippen LogP contribution in [0.2, 0.25) is 0 Å². The molecule has 1 atom stereocenters. The molecule has 1 aliphatic rings. The summed E-state index contributed by atoms with van der Waals surface area (Å²) in [5, 5.41) is 2.10. The fraction of sp³-hybridized carbons (Fsp3) is 0.261. The van der Waals surface area contributed by atoms with E-state index >= 15 is 0 Å². The number of carbonyl (C=O) groups excluding carboxylic acids is 1. The molecule has 1 aliphatic heterocycles. The van der Waals surface area contributed by atoms with Crippen molar-refractivity contribution >= 4 is 17.2 Å². The molecule has 0 spiro atoms.